The van der Waals surface area contributed by atoms with E-state index in [1.807, 2.05) is 31.5 Å². The summed E-state index contributed by atoms with van der Waals surface area (Å²) in [6.45, 7) is 13.7. The van der Waals surface area contributed by atoms with Crippen LogP contribution in [0.2, 0.25) is 0 Å². The number of alkyl halides is 1. The van der Waals surface area contributed by atoms with Gasteiger partial charge in [0, 0.05) is 56.4 Å². The van der Waals surface area contributed by atoms with E-state index in [1.165, 1.54) is 0 Å². The molecule has 1 amide bonds. The number of ether oxygens (including phenoxy) is 1. The smallest absolute Gasteiger partial charge is 0.224 e. The Kier molecular flexibility index (Phi) is 11.2. The lowest BCUT2D eigenvalue weighted by Gasteiger charge is -2.28. The van der Waals surface area contributed by atoms with E-state index < -0.39 is 6.67 Å². The largest absolute Gasteiger partial charge is 0.378 e. The van der Waals surface area contributed by atoms with E-state index in [0.717, 1.165) is 59.0 Å². The van der Waals surface area contributed by atoms with Gasteiger partial charge in [-0.3, -0.25) is 9.79 Å². The molecule has 2 aromatic rings. The zero-order valence-electron chi connectivity index (χ0n) is 19.1. The van der Waals surface area contributed by atoms with E-state index in [1.54, 1.807) is 24.5 Å². The van der Waals surface area contributed by atoms with Crippen molar-refractivity contribution in [3.8, 4) is 0 Å². The van der Waals surface area contributed by atoms with Crippen LogP contribution in [0.5, 0.6) is 0 Å². The van der Waals surface area contributed by atoms with Gasteiger partial charge in [0.2, 0.25) is 5.91 Å². The van der Waals surface area contributed by atoms with Gasteiger partial charge in [0.25, 0.3) is 0 Å². The highest BCUT2D eigenvalue weighted by atomic mass is 32.1. The minimum absolute atomic E-state index is 0.103. The molecule has 3 rings (SSSR count). The highest BCUT2D eigenvalue weighted by molar-refractivity contribution is 7.16. The Morgan fingerprint density at radius 1 is 1.36 bits per heavy atom. The number of aliphatic imine (C=N–C) groups is 1. The van der Waals surface area contributed by atoms with Gasteiger partial charge < -0.3 is 20.3 Å². The third-order valence-corrected chi connectivity index (χ3v) is 5.46. The minimum atomic E-state index is -0.512. The number of rotatable bonds is 9. The summed E-state index contributed by atoms with van der Waals surface area (Å²) in [6, 6.07) is 4.06. The molecule has 33 heavy (non-hydrogen) atoms. The lowest BCUT2D eigenvalue weighted by molar-refractivity contribution is -0.120. The number of hydrogen-bond donors (Lipinski definition) is 2. The third kappa shape index (κ3) is 9.50. The maximum atomic E-state index is 11.5. The molecule has 0 saturated carbocycles. The molecule has 3 heterocycles. The topological polar surface area (TPSA) is 91.7 Å². The van der Waals surface area contributed by atoms with E-state index in [4.69, 9.17) is 4.74 Å². The van der Waals surface area contributed by atoms with Crippen LogP contribution >= 0.6 is 11.3 Å². The molecule has 1 saturated heterocycles. The molecule has 8 nitrogen and oxygen atoms in total. The summed E-state index contributed by atoms with van der Waals surface area (Å²) in [5.41, 5.74) is 2.98. The first-order chi connectivity index (χ1) is 15.9. The number of pyridine rings is 1. The maximum absolute atomic E-state index is 11.5. The first-order valence-electron chi connectivity index (χ1n) is 10.5. The van der Waals surface area contributed by atoms with Crippen LogP contribution in [-0.2, 0) is 9.53 Å². The van der Waals surface area contributed by atoms with E-state index in [9.17, 15) is 9.18 Å². The minimum Gasteiger partial charge on any atom is -0.378 e. The Bertz CT molecular complexity index is 956. The average molecular weight is 475 g/mol. The van der Waals surface area contributed by atoms with Crippen LogP contribution < -0.4 is 15.5 Å². The molecule has 0 atom stereocenters. The quantitative estimate of drug-likeness (QED) is 0.418. The summed E-state index contributed by atoms with van der Waals surface area (Å²) in [5.74, 6) is 0.628. The van der Waals surface area contributed by atoms with Gasteiger partial charge in [0.05, 0.1) is 18.1 Å². The van der Waals surface area contributed by atoms with Gasteiger partial charge in [-0.05, 0) is 32.2 Å². The normalized spacial score (nSPS) is 13.5. The highest BCUT2D eigenvalue weighted by Crippen LogP contribution is 2.28. The van der Waals surface area contributed by atoms with Crippen LogP contribution in [0.15, 0.2) is 47.9 Å². The van der Waals surface area contributed by atoms with Gasteiger partial charge in [-0.1, -0.05) is 23.5 Å². The molecule has 178 valence electrons. The predicted octanol–water partition coefficient (Wildman–Crippen LogP) is 4.22. The van der Waals surface area contributed by atoms with Crippen LogP contribution in [0.4, 0.5) is 21.0 Å². The van der Waals surface area contributed by atoms with Crippen molar-refractivity contribution >= 4 is 46.2 Å². The average Bonchev–Trinajstić information content (AvgIpc) is 3.27. The summed E-state index contributed by atoms with van der Waals surface area (Å²) in [5, 5.41) is 6.46. The molecule has 2 N–H and O–H groups in total. The Morgan fingerprint density at radius 3 is 2.79 bits per heavy atom. The van der Waals surface area contributed by atoms with Gasteiger partial charge in [-0.2, -0.15) is 0 Å². The number of nitrogens with zero attached hydrogens (tertiary/aromatic N) is 4. The van der Waals surface area contributed by atoms with Crippen LogP contribution in [0, 0.1) is 0 Å². The third-order valence-electron chi connectivity index (χ3n) is 4.41. The molecular weight excluding hydrogens is 443 g/mol. The van der Waals surface area contributed by atoms with Gasteiger partial charge >= 0.3 is 0 Å². The van der Waals surface area contributed by atoms with Crippen molar-refractivity contribution in [1.29, 1.82) is 0 Å². The van der Waals surface area contributed by atoms with Gasteiger partial charge in [-0.15, -0.1) is 0 Å². The Hall–Kier alpha value is -3.11. The van der Waals surface area contributed by atoms with Crippen molar-refractivity contribution in [2.45, 2.75) is 20.3 Å². The van der Waals surface area contributed by atoms with Crippen LogP contribution in [0.3, 0.4) is 0 Å². The second-order valence-electron chi connectivity index (χ2n) is 7.32. The monoisotopic (exact) mass is 474 g/mol. The standard InChI is InChI=1S/C16H19N5OS.C7H12FNO/c1-12(10-17-2)14-11-19-16(23-14)20-15-9-13(3-4-18-15)21-5-7-22-8-6-21;1-6(2)5-7(10)9-4-3-8/h3-4,9-11H,2,5-8H2,1H3,(H,18,19,20);1,3-5H2,2H3,(H,9,10)/b12-10+;. The zero-order valence-corrected chi connectivity index (χ0v) is 20.0. The molecule has 0 aliphatic carbocycles. The van der Waals surface area contributed by atoms with Crippen molar-refractivity contribution < 1.29 is 13.9 Å². The van der Waals surface area contributed by atoms with Gasteiger partial charge in [-0.25, -0.2) is 14.4 Å². The van der Waals surface area contributed by atoms with Gasteiger partial charge in [0.15, 0.2) is 5.13 Å². The summed E-state index contributed by atoms with van der Waals surface area (Å²) in [7, 11) is 0. The van der Waals surface area contributed by atoms with Crippen molar-refractivity contribution in [3.05, 3.63) is 47.8 Å². The molecule has 1 aliphatic heterocycles. The van der Waals surface area contributed by atoms with E-state index in [2.05, 4.69) is 43.8 Å². The molecule has 10 heteroatoms. The van der Waals surface area contributed by atoms with E-state index in [0.29, 0.717) is 6.42 Å². The number of morpholine rings is 1. The molecule has 1 fully saturated rings. The van der Waals surface area contributed by atoms with E-state index in [-0.39, 0.29) is 12.5 Å². The Labute approximate surface area is 198 Å². The summed E-state index contributed by atoms with van der Waals surface area (Å²) < 4.78 is 16.8. The van der Waals surface area contributed by atoms with Crippen molar-refractivity contribution in [3.63, 3.8) is 0 Å². The Morgan fingerprint density at radius 2 is 2.12 bits per heavy atom. The second-order valence-corrected chi connectivity index (χ2v) is 8.35. The van der Waals surface area contributed by atoms with Crippen LogP contribution in [0.1, 0.15) is 25.1 Å². The number of carbonyl (C=O) groups excluding carboxylic acids is 1. The first kappa shape index (κ1) is 26.1. The fourth-order valence-electron chi connectivity index (χ4n) is 2.85. The molecule has 0 radical (unpaired) electrons. The van der Waals surface area contributed by atoms with Crippen LogP contribution in [-0.4, -0.2) is 62.1 Å². The molecule has 0 aromatic carbocycles. The fourth-order valence-corrected chi connectivity index (χ4v) is 3.64. The van der Waals surface area contributed by atoms with Crippen molar-refractivity contribution in [2.24, 2.45) is 4.99 Å². The number of halogens is 1. The number of aromatic nitrogens is 2. The molecule has 0 bridgehead atoms. The first-order valence-corrected chi connectivity index (χ1v) is 11.4. The number of carbonyl (C=O) groups is 1. The second kappa shape index (κ2) is 14.1. The fraction of sp³-hybridized carbons (Fsp3) is 0.391. The predicted molar refractivity (Wildman–Crippen MR) is 134 cm³/mol. The summed E-state index contributed by atoms with van der Waals surface area (Å²) in [4.78, 5) is 26.6. The number of nitrogens with one attached hydrogen (secondary N) is 2. The highest BCUT2D eigenvalue weighted by Gasteiger charge is 2.12. The molecule has 0 unspecified atom stereocenters. The number of allylic oxidation sites excluding steroid dienone is 1. The Balaban J connectivity index is 0.000000328. The zero-order chi connectivity index (χ0) is 24.1. The van der Waals surface area contributed by atoms with E-state index >= 15 is 0 Å². The van der Waals surface area contributed by atoms with Crippen molar-refractivity contribution in [2.75, 3.05) is 49.7 Å². The number of thiazole rings is 1. The molecule has 1 aliphatic rings. The lowest BCUT2D eigenvalue weighted by atomic mass is 10.2. The summed E-state index contributed by atoms with van der Waals surface area (Å²) >= 11 is 1.57. The van der Waals surface area contributed by atoms with Crippen LogP contribution in [0.25, 0.3) is 5.57 Å². The number of hydrogen-bond acceptors (Lipinski definition) is 8. The number of anilines is 3. The summed E-state index contributed by atoms with van der Waals surface area (Å²) in [6.07, 6.45) is 5.67. The maximum Gasteiger partial charge on any atom is 0.224 e. The lowest BCUT2D eigenvalue weighted by Crippen LogP contribution is -2.36. The van der Waals surface area contributed by atoms with Gasteiger partial charge in [0.1, 0.15) is 12.5 Å². The molecular formula is C23H31FN6O2S. The molecule has 2 aromatic heterocycles. The SMILES string of the molecule is C=C(C)CC(=O)NCCF.C=N/C=C(\C)c1cnc(Nc2cc(N3CCOCC3)ccn2)s1. The number of amides is 1. The van der Waals surface area contributed by atoms with Crippen molar-refractivity contribution in [1.82, 2.24) is 15.3 Å². The molecule has 0 spiro atoms.